The minimum Gasteiger partial charge on any atom is -0.504 e. The number of phenolic OH excluding ortho intramolecular Hbond substituents is 1. The van der Waals surface area contributed by atoms with E-state index in [1.54, 1.807) is 18.2 Å². The van der Waals surface area contributed by atoms with Gasteiger partial charge in [-0.15, -0.1) is 0 Å². The normalized spacial score (nSPS) is 12.7. The number of carbonyl (C=O) groups excluding carboxylic acids is 1. The van der Waals surface area contributed by atoms with E-state index in [1.165, 1.54) is 7.11 Å². The van der Waals surface area contributed by atoms with Crippen LogP contribution in [0.15, 0.2) is 36.4 Å². The van der Waals surface area contributed by atoms with Crippen molar-refractivity contribution < 1.29 is 19.4 Å². The third kappa shape index (κ3) is 4.15. The van der Waals surface area contributed by atoms with Crippen molar-refractivity contribution in [1.82, 2.24) is 5.32 Å². The molecule has 2 amide bonds. The number of urea groups is 1. The summed E-state index contributed by atoms with van der Waals surface area (Å²) in [7, 11) is 1.51. The molecule has 0 bridgehead atoms. The molecule has 0 saturated heterocycles. The summed E-state index contributed by atoms with van der Waals surface area (Å²) < 4.78 is 10.8. The standard InChI is InChI=1S/C19H22N2O4/c1-24-17-12-13(7-8-16(17)22)9-10-20-19(23)21-15-6-2-4-14-5-3-11-25-18(14)15/h2,4,6-8,12,22H,3,5,9-11H2,1H3,(H2,20,21,23). The summed E-state index contributed by atoms with van der Waals surface area (Å²) in [6, 6.07) is 10.7. The number of aromatic hydroxyl groups is 1. The average Bonchev–Trinajstić information content (AvgIpc) is 2.63. The number of rotatable bonds is 5. The molecule has 0 radical (unpaired) electrons. The molecular formula is C19H22N2O4. The van der Waals surface area contributed by atoms with Gasteiger partial charge in [0.1, 0.15) is 5.75 Å². The van der Waals surface area contributed by atoms with Gasteiger partial charge in [-0.2, -0.15) is 0 Å². The van der Waals surface area contributed by atoms with E-state index in [0.717, 1.165) is 29.7 Å². The van der Waals surface area contributed by atoms with Gasteiger partial charge in [-0.25, -0.2) is 4.79 Å². The third-order valence-electron chi connectivity index (χ3n) is 4.12. The molecule has 6 heteroatoms. The average molecular weight is 342 g/mol. The fourth-order valence-electron chi connectivity index (χ4n) is 2.85. The lowest BCUT2D eigenvalue weighted by atomic mass is 10.1. The second kappa shape index (κ2) is 7.79. The highest BCUT2D eigenvalue weighted by atomic mass is 16.5. The Morgan fingerprint density at radius 2 is 2.20 bits per heavy atom. The van der Waals surface area contributed by atoms with E-state index in [1.807, 2.05) is 18.2 Å². The first-order valence-electron chi connectivity index (χ1n) is 8.33. The maximum atomic E-state index is 12.1. The van der Waals surface area contributed by atoms with Gasteiger partial charge in [0.25, 0.3) is 0 Å². The Bertz CT molecular complexity index is 761. The van der Waals surface area contributed by atoms with E-state index in [2.05, 4.69) is 10.6 Å². The van der Waals surface area contributed by atoms with Crippen LogP contribution in [-0.4, -0.2) is 31.4 Å². The predicted octanol–water partition coefficient (Wildman–Crippen LogP) is 3.09. The Morgan fingerprint density at radius 3 is 3.04 bits per heavy atom. The summed E-state index contributed by atoms with van der Waals surface area (Å²) in [6.07, 6.45) is 2.60. The SMILES string of the molecule is COc1cc(CCNC(=O)Nc2cccc3c2OCCC3)ccc1O. The van der Waals surface area contributed by atoms with Gasteiger partial charge in [0.05, 0.1) is 19.4 Å². The number of benzene rings is 2. The van der Waals surface area contributed by atoms with Crippen LogP contribution >= 0.6 is 0 Å². The van der Waals surface area contributed by atoms with Gasteiger partial charge in [0.15, 0.2) is 11.5 Å². The van der Waals surface area contributed by atoms with Gasteiger partial charge in [-0.3, -0.25) is 0 Å². The van der Waals surface area contributed by atoms with Crippen molar-refractivity contribution in [3.8, 4) is 17.2 Å². The monoisotopic (exact) mass is 342 g/mol. The quantitative estimate of drug-likeness (QED) is 0.780. The summed E-state index contributed by atoms with van der Waals surface area (Å²) in [5.74, 6) is 1.30. The number of fused-ring (bicyclic) bond motifs is 1. The van der Waals surface area contributed by atoms with E-state index in [-0.39, 0.29) is 11.8 Å². The number of phenols is 1. The van der Waals surface area contributed by atoms with Crippen molar-refractivity contribution in [2.24, 2.45) is 0 Å². The van der Waals surface area contributed by atoms with Crippen molar-refractivity contribution in [3.63, 3.8) is 0 Å². The predicted molar refractivity (Wildman–Crippen MR) is 95.6 cm³/mol. The number of aryl methyl sites for hydroxylation is 1. The molecule has 1 aliphatic heterocycles. The van der Waals surface area contributed by atoms with Crippen molar-refractivity contribution in [3.05, 3.63) is 47.5 Å². The van der Waals surface area contributed by atoms with Crippen molar-refractivity contribution in [2.75, 3.05) is 25.6 Å². The molecule has 2 aromatic carbocycles. The van der Waals surface area contributed by atoms with Crippen LogP contribution in [0.1, 0.15) is 17.5 Å². The second-order valence-corrected chi connectivity index (χ2v) is 5.88. The number of ether oxygens (including phenoxy) is 2. The molecule has 3 N–H and O–H groups in total. The van der Waals surface area contributed by atoms with Crippen LogP contribution in [0, 0.1) is 0 Å². The fourth-order valence-corrected chi connectivity index (χ4v) is 2.85. The molecule has 1 heterocycles. The van der Waals surface area contributed by atoms with E-state index >= 15 is 0 Å². The van der Waals surface area contributed by atoms with Crippen molar-refractivity contribution in [2.45, 2.75) is 19.3 Å². The van der Waals surface area contributed by atoms with Gasteiger partial charge in [-0.05, 0) is 48.6 Å². The molecule has 6 nitrogen and oxygen atoms in total. The highest BCUT2D eigenvalue weighted by Crippen LogP contribution is 2.32. The number of amides is 2. The van der Waals surface area contributed by atoms with Crippen LogP contribution in [0.4, 0.5) is 10.5 Å². The minimum absolute atomic E-state index is 0.103. The molecule has 0 spiro atoms. The summed E-state index contributed by atoms with van der Waals surface area (Å²) in [6.45, 7) is 1.14. The maximum Gasteiger partial charge on any atom is 0.319 e. The molecule has 132 valence electrons. The van der Waals surface area contributed by atoms with Crippen LogP contribution in [-0.2, 0) is 12.8 Å². The van der Waals surface area contributed by atoms with Gasteiger partial charge in [0.2, 0.25) is 0 Å². The lowest BCUT2D eigenvalue weighted by molar-refractivity contribution is 0.251. The largest absolute Gasteiger partial charge is 0.504 e. The Labute approximate surface area is 146 Å². The topological polar surface area (TPSA) is 79.8 Å². The third-order valence-corrected chi connectivity index (χ3v) is 4.12. The van der Waals surface area contributed by atoms with E-state index in [9.17, 15) is 9.90 Å². The smallest absolute Gasteiger partial charge is 0.319 e. The van der Waals surface area contributed by atoms with E-state index < -0.39 is 0 Å². The molecule has 2 aromatic rings. The zero-order chi connectivity index (χ0) is 17.6. The molecule has 0 fully saturated rings. The Morgan fingerprint density at radius 1 is 1.32 bits per heavy atom. The number of anilines is 1. The van der Waals surface area contributed by atoms with Gasteiger partial charge >= 0.3 is 6.03 Å². The number of nitrogens with one attached hydrogen (secondary N) is 2. The molecule has 1 aliphatic rings. The number of hydrogen-bond donors (Lipinski definition) is 3. The van der Waals surface area contributed by atoms with Crippen LogP contribution in [0.5, 0.6) is 17.2 Å². The Kier molecular flexibility index (Phi) is 5.28. The molecule has 0 atom stereocenters. The molecule has 0 aliphatic carbocycles. The first-order chi connectivity index (χ1) is 12.2. The number of para-hydroxylation sites is 1. The lowest BCUT2D eigenvalue weighted by Crippen LogP contribution is -2.30. The molecule has 3 rings (SSSR count). The Balaban J connectivity index is 1.54. The molecular weight excluding hydrogens is 320 g/mol. The lowest BCUT2D eigenvalue weighted by Gasteiger charge is -2.20. The number of hydrogen-bond acceptors (Lipinski definition) is 4. The van der Waals surface area contributed by atoms with Gasteiger partial charge in [-0.1, -0.05) is 18.2 Å². The number of methoxy groups -OCH3 is 1. The van der Waals surface area contributed by atoms with E-state index in [4.69, 9.17) is 9.47 Å². The van der Waals surface area contributed by atoms with Crippen molar-refractivity contribution >= 4 is 11.7 Å². The maximum absolute atomic E-state index is 12.1. The van der Waals surface area contributed by atoms with Crippen LogP contribution in [0.3, 0.4) is 0 Å². The highest BCUT2D eigenvalue weighted by Gasteiger charge is 2.15. The van der Waals surface area contributed by atoms with E-state index in [0.29, 0.717) is 31.0 Å². The summed E-state index contributed by atoms with van der Waals surface area (Å²) >= 11 is 0. The van der Waals surface area contributed by atoms with Crippen LogP contribution in [0.2, 0.25) is 0 Å². The van der Waals surface area contributed by atoms with Crippen LogP contribution < -0.4 is 20.1 Å². The van der Waals surface area contributed by atoms with Crippen LogP contribution in [0.25, 0.3) is 0 Å². The zero-order valence-corrected chi connectivity index (χ0v) is 14.2. The highest BCUT2D eigenvalue weighted by molar-refractivity contribution is 5.91. The molecule has 25 heavy (non-hydrogen) atoms. The van der Waals surface area contributed by atoms with Gasteiger partial charge < -0.3 is 25.2 Å². The summed E-state index contributed by atoms with van der Waals surface area (Å²) in [5.41, 5.74) is 2.79. The summed E-state index contributed by atoms with van der Waals surface area (Å²) in [4.78, 5) is 12.1. The molecule has 0 aromatic heterocycles. The summed E-state index contributed by atoms with van der Waals surface area (Å²) in [5, 5.41) is 15.3. The van der Waals surface area contributed by atoms with Crippen molar-refractivity contribution in [1.29, 1.82) is 0 Å². The first kappa shape index (κ1) is 17.0. The molecule has 0 saturated carbocycles. The number of carbonyl (C=O) groups is 1. The molecule has 0 unspecified atom stereocenters. The second-order valence-electron chi connectivity index (χ2n) is 5.88. The van der Waals surface area contributed by atoms with Gasteiger partial charge in [0, 0.05) is 6.54 Å². The zero-order valence-electron chi connectivity index (χ0n) is 14.2. The first-order valence-corrected chi connectivity index (χ1v) is 8.33. The minimum atomic E-state index is -0.270. The fraction of sp³-hybridized carbons (Fsp3) is 0.316. The Hall–Kier alpha value is -2.89.